The van der Waals surface area contributed by atoms with Crippen LogP contribution in [0.3, 0.4) is 0 Å². The second-order valence-corrected chi connectivity index (χ2v) is 3.61. The molecule has 5 heteroatoms. The van der Waals surface area contributed by atoms with E-state index in [1.165, 1.54) is 6.07 Å². The van der Waals surface area contributed by atoms with E-state index in [1.807, 2.05) is 0 Å². The molecular weight excluding hydrogens is 215 g/mol. The number of pyridine rings is 1. The van der Waals surface area contributed by atoms with Gasteiger partial charge in [-0.2, -0.15) is 13.2 Å². The molecule has 0 N–H and O–H groups in total. The fourth-order valence-corrected chi connectivity index (χ4v) is 1.59. The highest BCUT2D eigenvalue weighted by atomic mass is 35.5. The van der Waals surface area contributed by atoms with E-state index in [0.717, 1.165) is 6.20 Å². The van der Waals surface area contributed by atoms with E-state index < -0.39 is 11.9 Å². The molecule has 0 amide bonds. The Bertz CT molecular complexity index is 333. The lowest BCUT2D eigenvalue weighted by molar-refractivity contribution is -0.142. The molecule has 0 aliphatic heterocycles. The molecule has 0 radical (unpaired) electrons. The van der Waals surface area contributed by atoms with Gasteiger partial charge in [-0.25, -0.2) is 0 Å². The molecule has 0 aliphatic carbocycles. The minimum Gasteiger partial charge on any atom is -0.251 e. The summed E-state index contributed by atoms with van der Waals surface area (Å²) in [5, 5.41) is 0.113. The molecule has 1 aromatic rings. The first-order valence-corrected chi connectivity index (χ1v) is 4.43. The monoisotopic (exact) mass is 223 g/mol. The summed E-state index contributed by atoms with van der Waals surface area (Å²) in [5.41, 5.74) is -0.832. The molecule has 0 saturated heterocycles. The topological polar surface area (TPSA) is 12.9 Å². The maximum absolute atomic E-state index is 12.5. The molecule has 14 heavy (non-hydrogen) atoms. The van der Waals surface area contributed by atoms with E-state index in [2.05, 4.69) is 4.98 Å². The summed E-state index contributed by atoms with van der Waals surface area (Å²) in [4.78, 5) is 3.32. The SMILES string of the molecule is CC(C)c1c(Cl)ccnc1C(F)(F)F. The van der Waals surface area contributed by atoms with E-state index in [4.69, 9.17) is 11.6 Å². The van der Waals surface area contributed by atoms with E-state index in [9.17, 15) is 13.2 Å². The standard InChI is InChI=1S/C9H9ClF3N/c1-5(2)7-6(10)3-4-14-8(7)9(11,12)13/h3-5H,1-2H3. The summed E-state index contributed by atoms with van der Waals surface area (Å²) in [6, 6.07) is 1.37. The summed E-state index contributed by atoms with van der Waals surface area (Å²) >= 11 is 5.69. The lowest BCUT2D eigenvalue weighted by Gasteiger charge is -2.15. The van der Waals surface area contributed by atoms with Crippen molar-refractivity contribution in [2.75, 3.05) is 0 Å². The highest BCUT2D eigenvalue weighted by Crippen LogP contribution is 2.36. The Morgan fingerprint density at radius 3 is 2.29 bits per heavy atom. The first-order valence-electron chi connectivity index (χ1n) is 4.05. The van der Waals surface area contributed by atoms with Gasteiger partial charge in [0, 0.05) is 16.8 Å². The molecule has 0 aromatic carbocycles. The van der Waals surface area contributed by atoms with Crippen LogP contribution in [0.25, 0.3) is 0 Å². The normalized spacial score (nSPS) is 12.2. The molecule has 0 aliphatic rings. The Balaban J connectivity index is 3.36. The number of hydrogen-bond donors (Lipinski definition) is 0. The quantitative estimate of drug-likeness (QED) is 0.704. The van der Waals surface area contributed by atoms with Gasteiger partial charge >= 0.3 is 6.18 Å². The second-order valence-electron chi connectivity index (χ2n) is 3.21. The molecule has 0 atom stereocenters. The average molecular weight is 224 g/mol. The zero-order chi connectivity index (χ0) is 10.9. The zero-order valence-corrected chi connectivity index (χ0v) is 8.45. The van der Waals surface area contributed by atoms with Crippen LogP contribution in [-0.2, 0) is 6.18 Å². The van der Waals surface area contributed by atoms with E-state index >= 15 is 0 Å². The van der Waals surface area contributed by atoms with Crippen LogP contribution in [0.1, 0.15) is 31.0 Å². The first kappa shape index (κ1) is 11.3. The van der Waals surface area contributed by atoms with Crippen LogP contribution in [0, 0.1) is 0 Å². The van der Waals surface area contributed by atoms with Crippen molar-refractivity contribution in [1.29, 1.82) is 0 Å². The molecule has 0 unspecified atom stereocenters. The van der Waals surface area contributed by atoms with Gasteiger partial charge in [0.25, 0.3) is 0 Å². The molecule has 78 valence electrons. The van der Waals surface area contributed by atoms with Gasteiger partial charge in [0.15, 0.2) is 0 Å². The highest BCUT2D eigenvalue weighted by molar-refractivity contribution is 6.31. The van der Waals surface area contributed by atoms with Crippen molar-refractivity contribution in [3.63, 3.8) is 0 Å². The lowest BCUT2D eigenvalue weighted by atomic mass is 10.0. The summed E-state index contributed by atoms with van der Waals surface area (Å²) in [7, 11) is 0. The van der Waals surface area contributed by atoms with Crippen LogP contribution in [0.15, 0.2) is 12.3 Å². The summed E-state index contributed by atoms with van der Waals surface area (Å²) < 4.78 is 37.4. The second kappa shape index (κ2) is 3.77. The Labute approximate surface area is 84.9 Å². The summed E-state index contributed by atoms with van der Waals surface area (Å²) in [6.45, 7) is 3.30. The van der Waals surface area contributed by atoms with Crippen molar-refractivity contribution in [3.05, 3.63) is 28.5 Å². The maximum atomic E-state index is 12.5. The van der Waals surface area contributed by atoms with Crippen molar-refractivity contribution in [3.8, 4) is 0 Å². The van der Waals surface area contributed by atoms with Gasteiger partial charge in [-0.05, 0) is 12.0 Å². The summed E-state index contributed by atoms with van der Waals surface area (Å²) in [6.07, 6.45) is -3.37. The average Bonchev–Trinajstić information content (AvgIpc) is 2.01. The van der Waals surface area contributed by atoms with Crippen molar-refractivity contribution < 1.29 is 13.2 Å². The number of halogens is 4. The predicted octanol–water partition coefficient (Wildman–Crippen LogP) is 3.88. The van der Waals surface area contributed by atoms with Crippen LogP contribution in [-0.4, -0.2) is 4.98 Å². The van der Waals surface area contributed by atoms with Crippen molar-refractivity contribution in [2.24, 2.45) is 0 Å². The zero-order valence-electron chi connectivity index (χ0n) is 7.69. The largest absolute Gasteiger partial charge is 0.433 e. The predicted molar refractivity (Wildman–Crippen MR) is 48.3 cm³/mol. The molecule has 1 heterocycles. The molecule has 0 saturated carbocycles. The molecule has 1 nitrogen and oxygen atoms in total. The number of hydrogen-bond acceptors (Lipinski definition) is 1. The van der Waals surface area contributed by atoms with Gasteiger partial charge in [0.1, 0.15) is 5.69 Å². The van der Waals surface area contributed by atoms with Crippen LogP contribution in [0.4, 0.5) is 13.2 Å². The Morgan fingerprint density at radius 2 is 1.93 bits per heavy atom. The molecule has 0 fully saturated rings. The molecule has 1 aromatic heterocycles. The molecule has 1 rings (SSSR count). The van der Waals surface area contributed by atoms with Gasteiger partial charge in [-0.3, -0.25) is 4.98 Å². The van der Waals surface area contributed by atoms with Gasteiger partial charge in [-0.15, -0.1) is 0 Å². The lowest BCUT2D eigenvalue weighted by Crippen LogP contribution is -2.13. The van der Waals surface area contributed by atoms with Crippen molar-refractivity contribution in [2.45, 2.75) is 25.9 Å². The number of alkyl halides is 3. The van der Waals surface area contributed by atoms with Crippen LogP contribution < -0.4 is 0 Å². The minimum absolute atomic E-state index is 0.0571. The minimum atomic E-state index is -4.44. The van der Waals surface area contributed by atoms with Crippen molar-refractivity contribution >= 4 is 11.6 Å². The fourth-order valence-electron chi connectivity index (χ4n) is 1.22. The Kier molecular flexibility index (Phi) is 3.04. The fraction of sp³-hybridized carbons (Fsp3) is 0.444. The third kappa shape index (κ3) is 2.18. The molecular formula is C9H9ClF3N. The van der Waals surface area contributed by atoms with Gasteiger partial charge in [0.05, 0.1) is 0 Å². The van der Waals surface area contributed by atoms with Gasteiger partial charge in [-0.1, -0.05) is 25.4 Å². The summed E-state index contributed by atoms with van der Waals surface area (Å²) in [5.74, 6) is -0.298. The van der Waals surface area contributed by atoms with E-state index in [1.54, 1.807) is 13.8 Å². The maximum Gasteiger partial charge on any atom is 0.433 e. The highest BCUT2D eigenvalue weighted by Gasteiger charge is 2.36. The Morgan fingerprint density at radius 1 is 1.36 bits per heavy atom. The van der Waals surface area contributed by atoms with Gasteiger partial charge < -0.3 is 0 Å². The third-order valence-electron chi connectivity index (χ3n) is 1.78. The van der Waals surface area contributed by atoms with Gasteiger partial charge in [0.2, 0.25) is 0 Å². The first-order chi connectivity index (χ1) is 6.34. The smallest absolute Gasteiger partial charge is 0.251 e. The Hall–Kier alpha value is -0.770. The number of nitrogens with zero attached hydrogens (tertiary/aromatic N) is 1. The van der Waals surface area contributed by atoms with Crippen LogP contribution in [0.2, 0.25) is 5.02 Å². The molecule has 0 bridgehead atoms. The molecule has 0 spiro atoms. The van der Waals surface area contributed by atoms with Crippen LogP contribution in [0.5, 0.6) is 0 Å². The van der Waals surface area contributed by atoms with Crippen molar-refractivity contribution in [1.82, 2.24) is 4.98 Å². The van der Waals surface area contributed by atoms with Crippen LogP contribution >= 0.6 is 11.6 Å². The number of aromatic nitrogens is 1. The number of rotatable bonds is 1. The van der Waals surface area contributed by atoms with E-state index in [0.29, 0.717) is 0 Å². The van der Waals surface area contributed by atoms with E-state index in [-0.39, 0.29) is 16.5 Å². The third-order valence-corrected chi connectivity index (χ3v) is 2.11.